The average molecular weight is 235 g/mol. The molecule has 2 nitrogen and oxygen atoms in total. The molecule has 5 heavy (non-hydrogen) atoms. The molecule has 0 radical (unpaired) electrons. The van der Waals surface area contributed by atoms with Crippen LogP contribution < -0.4 is 0 Å². The molecule has 3 heteroatoms. The Balaban J connectivity index is 4.38. The summed E-state index contributed by atoms with van der Waals surface area (Å²) in [4.78, 5) is 18.2. The second kappa shape index (κ2) is 4.03. The molecule has 0 saturated heterocycles. The van der Waals surface area contributed by atoms with E-state index in [0.717, 1.165) is 0 Å². The van der Waals surface area contributed by atoms with E-state index in [0.29, 0.717) is 0 Å². The predicted octanol–water partition coefficient (Wildman–Crippen LogP) is -0.797. The Hall–Kier alpha value is 0.0301. The first-order valence-corrected chi connectivity index (χ1v) is 4.50. The van der Waals surface area contributed by atoms with Crippen molar-refractivity contribution in [1.82, 2.24) is 0 Å². The molecule has 0 spiro atoms. The molecular formula is C2HfO2. The van der Waals surface area contributed by atoms with Gasteiger partial charge in [-0.3, -0.25) is 0 Å². The van der Waals surface area contributed by atoms with Crippen molar-refractivity contribution in [1.29, 1.82) is 0 Å². The zero-order valence-electron chi connectivity index (χ0n) is 2.32. The van der Waals surface area contributed by atoms with E-state index in [2.05, 4.69) is 0 Å². The fourth-order valence-corrected chi connectivity index (χ4v) is 0.171. The first-order valence-electron chi connectivity index (χ1n) is 0.908. The van der Waals surface area contributed by atoms with Crippen molar-refractivity contribution < 1.29 is 31.5 Å². The topological polar surface area (TPSA) is 34.1 Å². The molecule has 0 N–H and O–H groups in total. The molecule has 0 aromatic carbocycles. The number of rotatable bonds is 0. The molecule has 0 aliphatic heterocycles. The zero-order chi connectivity index (χ0) is 4.12. The summed E-state index contributed by atoms with van der Waals surface area (Å²) in [5, 5.41) is 0. The van der Waals surface area contributed by atoms with E-state index in [1.54, 1.807) is 0 Å². The van der Waals surface area contributed by atoms with Gasteiger partial charge in [-0.25, -0.2) is 0 Å². The Bertz CT molecular complexity index is 99.6. The second-order valence-corrected chi connectivity index (χ2v) is 2.69. The van der Waals surface area contributed by atoms with Crippen LogP contribution in [0.15, 0.2) is 0 Å². The van der Waals surface area contributed by atoms with Crippen LogP contribution in [0.25, 0.3) is 0 Å². The van der Waals surface area contributed by atoms with Gasteiger partial charge in [-0.05, 0) is 0 Å². The van der Waals surface area contributed by atoms with Gasteiger partial charge < -0.3 is 0 Å². The summed E-state index contributed by atoms with van der Waals surface area (Å²) >= 11 is -1.56. The van der Waals surface area contributed by atoms with Crippen molar-refractivity contribution in [2.45, 2.75) is 0 Å². The summed E-state index contributed by atoms with van der Waals surface area (Å²) in [5.74, 6) is 0. The fraction of sp³-hybridized carbons (Fsp3) is 0. The van der Waals surface area contributed by atoms with Crippen LogP contribution in [0.2, 0.25) is 0 Å². The van der Waals surface area contributed by atoms with Crippen LogP contribution in [-0.4, -0.2) is 7.25 Å². The van der Waals surface area contributed by atoms with Crippen molar-refractivity contribution in [2.24, 2.45) is 0 Å². The molecule has 0 unspecified atom stereocenters. The van der Waals surface area contributed by atoms with E-state index in [4.69, 9.17) is 9.59 Å². The Morgan fingerprint density at radius 1 is 1.20 bits per heavy atom. The van der Waals surface area contributed by atoms with E-state index < -0.39 is 21.9 Å². The zero-order valence-corrected chi connectivity index (χ0v) is 5.91. The number of hydrogen-bond donors (Lipinski definition) is 0. The van der Waals surface area contributed by atoms with Crippen molar-refractivity contribution in [3.63, 3.8) is 0 Å². The minimum absolute atomic E-state index is 1.54. The molecule has 0 aromatic rings. The van der Waals surface area contributed by atoms with Crippen molar-refractivity contribution in [2.75, 3.05) is 0 Å². The van der Waals surface area contributed by atoms with Crippen molar-refractivity contribution in [3.05, 3.63) is 0 Å². The van der Waals surface area contributed by atoms with E-state index in [-0.39, 0.29) is 0 Å². The van der Waals surface area contributed by atoms with Gasteiger partial charge >= 0.3 is 38.8 Å². The molecule has 0 heterocycles. The summed E-state index contributed by atoms with van der Waals surface area (Å²) in [6.45, 7) is 0. The summed E-state index contributed by atoms with van der Waals surface area (Å²) < 4.78 is 3.08. The second-order valence-electron chi connectivity index (χ2n) is 0.329. The Morgan fingerprint density at radius 3 is 1.60 bits per heavy atom. The van der Waals surface area contributed by atoms with Crippen LogP contribution in [-0.2, 0) is 31.5 Å². The Kier molecular flexibility index (Phi) is 4.05. The van der Waals surface area contributed by atoms with Gasteiger partial charge in [0.2, 0.25) is 0 Å². The normalized spacial score (nSPS) is 3.20. The van der Waals surface area contributed by atoms with Crippen LogP contribution in [0.4, 0.5) is 0 Å². The van der Waals surface area contributed by atoms with Gasteiger partial charge in [0.25, 0.3) is 0 Å². The van der Waals surface area contributed by atoms with Crippen LogP contribution in [0.5, 0.6) is 0 Å². The molecule has 0 amide bonds. The van der Waals surface area contributed by atoms with Crippen molar-refractivity contribution in [3.8, 4) is 0 Å². The third kappa shape index (κ3) is 4.03. The quantitative estimate of drug-likeness (QED) is 0.515. The molecule has 24 valence electrons. The summed E-state index contributed by atoms with van der Waals surface area (Å²) in [6, 6.07) is 0. The summed E-state index contributed by atoms with van der Waals surface area (Å²) in [7, 11) is 0. The van der Waals surface area contributed by atoms with E-state index in [1.165, 1.54) is 7.25 Å². The maximum absolute atomic E-state index is 9.10. The molecular weight excluding hydrogens is 235 g/mol. The molecule has 0 rings (SSSR count). The van der Waals surface area contributed by atoms with Crippen LogP contribution in [0.1, 0.15) is 0 Å². The van der Waals surface area contributed by atoms with E-state index in [1.807, 2.05) is 0 Å². The number of hydrogen-bond acceptors (Lipinski definition) is 2. The molecule has 0 aromatic heterocycles. The van der Waals surface area contributed by atoms with Crippen LogP contribution in [0, 0.1) is 0 Å². The third-order valence-corrected chi connectivity index (χ3v) is 0.835. The Labute approximate surface area is 39.1 Å². The molecule has 0 fully saturated rings. The predicted molar refractivity (Wildman–Crippen MR) is 11.4 cm³/mol. The molecule has 0 saturated carbocycles. The molecule has 0 atom stereocenters. The van der Waals surface area contributed by atoms with Crippen LogP contribution in [0.3, 0.4) is 0 Å². The van der Waals surface area contributed by atoms with Gasteiger partial charge in [0.15, 0.2) is 0 Å². The van der Waals surface area contributed by atoms with E-state index in [9.17, 15) is 0 Å². The maximum atomic E-state index is 9.10. The van der Waals surface area contributed by atoms with Gasteiger partial charge in [0.05, 0.1) is 0 Å². The molecule has 0 bridgehead atoms. The number of carbonyl (C=O) groups excluding carboxylic acids is 2. The van der Waals surface area contributed by atoms with E-state index >= 15 is 0 Å². The minimum atomic E-state index is -1.56. The Morgan fingerprint density at radius 2 is 1.60 bits per heavy atom. The SMILES string of the molecule is O=[C]=[Hf]=[C]=O. The van der Waals surface area contributed by atoms with Gasteiger partial charge in [-0.2, -0.15) is 0 Å². The van der Waals surface area contributed by atoms with Crippen molar-refractivity contribution >= 4 is 7.25 Å². The summed E-state index contributed by atoms with van der Waals surface area (Å²) in [6.07, 6.45) is 0. The third-order valence-electron chi connectivity index (χ3n) is 0.102. The molecule has 0 aliphatic rings. The first kappa shape index (κ1) is 5.03. The standard InChI is InChI=1S/2CO.Hf/c2*1-2;. The molecule has 0 aliphatic carbocycles. The fourth-order valence-electron chi connectivity index (χ4n) is 0.0208. The van der Waals surface area contributed by atoms with Crippen LogP contribution >= 0.6 is 0 Å². The van der Waals surface area contributed by atoms with Gasteiger partial charge in [-0.1, -0.05) is 0 Å². The summed E-state index contributed by atoms with van der Waals surface area (Å²) in [5.41, 5.74) is 0. The first-order chi connectivity index (χ1) is 2.41. The van der Waals surface area contributed by atoms with Gasteiger partial charge in [-0.15, -0.1) is 0 Å². The van der Waals surface area contributed by atoms with Gasteiger partial charge in [0, 0.05) is 0 Å². The van der Waals surface area contributed by atoms with Gasteiger partial charge in [0.1, 0.15) is 0 Å². The average Bonchev–Trinajstić information content (AvgIpc) is 1.41. The monoisotopic (exact) mass is 236 g/mol.